The van der Waals surface area contributed by atoms with E-state index in [-0.39, 0.29) is 17.9 Å². The third kappa shape index (κ3) is 3.59. The van der Waals surface area contributed by atoms with Crippen molar-refractivity contribution in [2.45, 2.75) is 26.3 Å². The molecule has 0 N–H and O–H groups in total. The fraction of sp³-hybridized carbons (Fsp3) is 0.250. The van der Waals surface area contributed by atoms with Crippen LogP contribution in [0.1, 0.15) is 17.4 Å². The molecule has 24 heavy (non-hydrogen) atoms. The molecular weight excluding hydrogens is 341 g/mol. The Balaban J connectivity index is 1.84. The van der Waals surface area contributed by atoms with Crippen LogP contribution in [0.4, 0.5) is 13.2 Å². The molecule has 2 aromatic heterocycles. The summed E-state index contributed by atoms with van der Waals surface area (Å²) in [6.07, 6.45) is -2.43. The topological polar surface area (TPSA) is 44.1 Å². The molecule has 1 aromatic carbocycles. The minimum atomic E-state index is -4.72. The van der Waals surface area contributed by atoms with E-state index in [0.717, 1.165) is 11.3 Å². The minimum absolute atomic E-state index is 0.161. The van der Waals surface area contributed by atoms with Crippen LogP contribution in [0.5, 0.6) is 5.75 Å². The van der Waals surface area contributed by atoms with Crippen molar-refractivity contribution >= 4 is 21.6 Å². The number of ether oxygens (including phenoxy) is 1. The molecule has 0 radical (unpaired) electrons. The van der Waals surface area contributed by atoms with E-state index in [2.05, 4.69) is 9.72 Å². The van der Waals surface area contributed by atoms with E-state index in [1.165, 1.54) is 46.5 Å². The van der Waals surface area contributed by atoms with Crippen molar-refractivity contribution in [2.75, 3.05) is 0 Å². The Morgan fingerprint density at radius 1 is 1.25 bits per heavy atom. The maximum Gasteiger partial charge on any atom is 0.573 e. The standard InChI is InChI=1S/C16H13F3N2O2S/c1-2-12-7-13-14(24-12)20-9-21(15(13)22)8-10-3-5-11(6-4-10)23-16(17,18)19/h3-7,9H,2,8H2,1H3. The number of hydrogen-bond donors (Lipinski definition) is 0. The van der Waals surface area contributed by atoms with Crippen LogP contribution in [-0.2, 0) is 13.0 Å². The Morgan fingerprint density at radius 3 is 2.58 bits per heavy atom. The molecule has 0 saturated heterocycles. The fourth-order valence-electron chi connectivity index (χ4n) is 2.29. The molecule has 3 aromatic rings. The van der Waals surface area contributed by atoms with Crippen molar-refractivity contribution in [2.24, 2.45) is 0 Å². The first kappa shape index (κ1) is 16.5. The second kappa shape index (κ2) is 6.27. The summed E-state index contributed by atoms with van der Waals surface area (Å²) in [7, 11) is 0. The highest BCUT2D eigenvalue weighted by Gasteiger charge is 2.30. The van der Waals surface area contributed by atoms with E-state index in [0.29, 0.717) is 15.8 Å². The van der Waals surface area contributed by atoms with Gasteiger partial charge in [-0.15, -0.1) is 24.5 Å². The molecular formula is C16H13F3N2O2S. The van der Waals surface area contributed by atoms with Gasteiger partial charge in [0.05, 0.1) is 18.3 Å². The number of alkyl halides is 3. The average Bonchev–Trinajstić information content (AvgIpc) is 2.95. The zero-order valence-electron chi connectivity index (χ0n) is 12.6. The van der Waals surface area contributed by atoms with E-state index in [4.69, 9.17) is 0 Å². The summed E-state index contributed by atoms with van der Waals surface area (Å²) in [5.74, 6) is -0.294. The number of aromatic nitrogens is 2. The first-order valence-electron chi connectivity index (χ1n) is 7.18. The highest BCUT2D eigenvalue weighted by Crippen LogP contribution is 2.23. The number of benzene rings is 1. The third-order valence-electron chi connectivity index (χ3n) is 3.43. The zero-order valence-corrected chi connectivity index (χ0v) is 13.4. The summed E-state index contributed by atoms with van der Waals surface area (Å²) < 4.78 is 41.7. The molecule has 0 aliphatic carbocycles. The van der Waals surface area contributed by atoms with Gasteiger partial charge in [-0.1, -0.05) is 19.1 Å². The van der Waals surface area contributed by atoms with Crippen LogP contribution < -0.4 is 10.3 Å². The maximum atomic E-state index is 12.5. The molecule has 3 rings (SSSR count). The lowest BCUT2D eigenvalue weighted by atomic mass is 10.2. The quantitative estimate of drug-likeness (QED) is 0.712. The van der Waals surface area contributed by atoms with Gasteiger partial charge in [0.2, 0.25) is 0 Å². The van der Waals surface area contributed by atoms with Gasteiger partial charge in [-0.05, 0) is 30.2 Å². The fourth-order valence-corrected chi connectivity index (χ4v) is 3.22. The number of thiophene rings is 1. The van der Waals surface area contributed by atoms with Crippen LogP contribution in [-0.4, -0.2) is 15.9 Å². The number of fused-ring (bicyclic) bond motifs is 1. The molecule has 0 saturated carbocycles. The van der Waals surface area contributed by atoms with Gasteiger partial charge in [-0.25, -0.2) is 4.98 Å². The van der Waals surface area contributed by atoms with Crippen LogP contribution in [0.25, 0.3) is 10.2 Å². The Kier molecular flexibility index (Phi) is 4.31. The van der Waals surface area contributed by atoms with Gasteiger partial charge >= 0.3 is 6.36 Å². The van der Waals surface area contributed by atoms with E-state index < -0.39 is 6.36 Å². The third-order valence-corrected chi connectivity index (χ3v) is 4.61. The predicted octanol–water partition coefficient (Wildman–Crippen LogP) is 3.97. The lowest BCUT2D eigenvalue weighted by Gasteiger charge is -2.10. The Morgan fingerprint density at radius 2 is 1.96 bits per heavy atom. The van der Waals surface area contributed by atoms with E-state index in [9.17, 15) is 18.0 Å². The summed E-state index contributed by atoms with van der Waals surface area (Å²) in [6.45, 7) is 2.24. The van der Waals surface area contributed by atoms with Crippen LogP contribution in [0, 0.1) is 0 Å². The Labute approximate surface area is 139 Å². The summed E-state index contributed by atoms with van der Waals surface area (Å²) in [5.41, 5.74) is 0.519. The van der Waals surface area contributed by atoms with Crippen molar-refractivity contribution in [1.82, 2.24) is 9.55 Å². The number of hydrogen-bond acceptors (Lipinski definition) is 4. The highest BCUT2D eigenvalue weighted by atomic mass is 32.1. The number of rotatable bonds is 4. The Hall–Kier alpha value is -2.35. The molecule has 8 heteroatoms. The molecule has 2 heterocycles. The van der Waals surface area contributed by atoms with E-state index >= 15 is 0 Å². The van der Waals surface area contributed by atoms with E-state index in [1.54, 1.807) is 0 Å². The van der Waals surface area contributed by atoms with Gasteiger partial charge in [0.15, 0.2) is 0 Å². The summed E-state index contributed by atoms with van der Waals surface area (Å²) in [4.78, 5) is 18.5. The predicted molar refractivity (Wildman–Crippen MR) is 85.5 cm³/mol. The molecule has 0 bridgehead atoms. The molecule has 0 amide bonds. The molecule has 0 aliphatic rings. The lowest BCUT2D eigenvalue weighted by molar-refractivity contribution is -0.274. The largest absolute Gasteiger partial charge is 0.573 e. The molecule has 0 atom stereocenters. The van der Waals surface area contributed by atoms with Crippen molar-refractivity contribution < 1.29 is 17.9 Å². The van der Waals surface area contributed by atoms with Crippen LogP contribution in [0.15, 0.2) is 41.5 Å². The van der Waals surface area contributed by atoms with Crippen LogP contribution in [0.2, 0.25) is 0 Å². The van der Waals surface area contributed by atoms with Gasteiger partial charge in [-0.2, -0.15) is 0 Å². The van der Waals surface area contributed by atoms with Crippen molar-refractivity contribution in [1.29, 1.82) is 0 Å². The van der Waals surface area contributed by atoms with Crippen molar-refractivity contribution in [3.05, 3.63) is 57.5 Å². The zero-order chi connectivity index (χ0) is 17.3. The van der Waals surface area contributed by atoms with Gasteiger partial charge in [-0.3, -0.25) is 9.36 Å². The second-order valence-electron chi connectivity index (χ2n) is 5.15. The normalized spacial score (nSPS) is 11.8. The molecule has 4 nitrogen and oxygen atoms in total. The SMILES string of the molecule is CCc1cc2c(=O)n(Cc3ccc(OC(F)(F)F)cc3)cnc2s1. The number of aryl methyl sites for hydroxylation is 1. The minimum Gasteiger partial charge on any atom is -0.406 e. The first-order valence-corrected chi connectivity index (χ1v) is 8.00. The molecule has 0 fully saturated rings. The summed E-state index contributed by atoms with van der Waals surface area (Å²) in [6, 6.07) is 7.26. The first-order chi connectivity index (χ1) is 11.4. The highest BCUT2D eigenvalue weighted by molar-refractivity contribution is 7.18. The van der Waals surface area contributed by atoms with Crippen molar-refractivity contribution in [3.63, 3.8) is 0 Å². The number of halogens is 3. The smallest absolute Gasteiger partial charge is 0.406 e. The van der Waals surface area contributed by atoms with Gasteiger partial charge < -0.3 is 4.74 Å². The van der Waals surface area contributed by atoms with Gasteiger partial charge in [0, 0.05) is 4.88 Å². The molecule has 0 aliphatic heterocycles. The van der Waals surface area contributed by atoms with Crippen molar-refractivity contribution in [3.8, 4) is 5.75 Å². The van der Waals surface area contributed by atoms with Crippen LogP contribution >= 0.6 is 11.3 Å². The van der Waals surface area contributed by atoms with Gasteiger partial charge in [0.1, 0.15) is 10.6 Å². The Bertz CT molecular complexity index is 914. The molecule has 126 valence electrons. The summed E-state index contributed by atoms with van der Waals surface area (Å²) >= 11 is 1.49. The maximum absolute atomic E-state index is 12.5. The number of nitrogens with zero attached hydrogens (tertiary/aromatic N) is 2. The average molecular weight is 354 g/mol. The molecule has 0 unspecified atom stereocenters. The monoisotopic (exact) mass is 354 g/mol. The molecule has 0 spiro atoms. The van der Waals surface area contributed by atoms with Gasteiger partial charge in [0.25, 0.3) is 5.56 Å². The van der Waals surface area contributed by atoms with E-state index in [1.807, 2.05) is 13.0 Å². The second-order valence-corrected chi connectivity index (χ2v) is 6.27. The lowest BCUT2D eigenvalue weighted by Crippen LogP contribution is -2.20. The van der Waals surface area contributed by atoms with Crippen LogP contribution in [0.3, 0.4) is 0 Å². The summed E-state index contributed by atoms with van der Waals surface area (Å²) in [5, 5.41) is 0.566.